The average Bonchev–Trinajstić information content (AvgIpc) is 3.10. The van der Waals surface area contributed by atoms with Gasteiger partial charge in [-0.15, -0.1) is 0 Å². The van der Waals surface area contributed by atoms with Crippen LogP contribution < -0.4 is 9.80 Å². The summed E-state index contributed by atoms with van der Waals surface area (Å²) in [5.74, 6) is 0.522. The van der Waals surface area contributed by atoms with Gasteiger partial charge in [0.2, 0.25) is 5.95 Å². The summed E-state index contributed by atoms with van der Waals surface area (Å²) in [6.07, 6.45) is -1.77. The minimum atomic E-state index is -4.51. The molecule has 0 spiro atoms. The summed E-state index contributed by atoms with van der Waals surface area (Å²) in [4.78, 5) is 22.8. The summed E-state index contributed by atoms with van der Waals surface area (Å²) in [6.45, 7) is 3.88. The maximum Gasteiger partial charge on any atom is 0.433 e. The lowest BCUT2D eigenvalue weighted by Crippen LogP contribution is -2.47. The molecule has 1 N–H and O–H groups in total. The second-order valence-electron chi connectivity index (χ2n) is 8.10. The van der Waals surface area contributed by atoms with E-state index in [1.54, 1.807) is 4.90 Å². The molecule has 1 aromatic rings. The predicted molar refractivity (Wildman–Crippen MR) is 92.6 cm³/mol. The fraction of sp³-hybridized carbons (Fsp3) is 0.722. The Bertz CT molecular complexity index is 728. The van der Waals surface area contributed by atoms with Crippen LogP contribution in [0.1, 0.15) is 38.3 Å². The van der Waals surface area contributed by atoms with Gasteiger partial charge in [0.15, 0.2) is 5.69 Å². The first-order valence-electron chi connectivity index (χ1n) is 9.40. The van der Waals surface area contributed by atoms with Crippen molar-refractivity contribution >= 4 is 17.7 Å². The number of carboxylic acids is 1. The standard InChI is InChI=1S/C18H23F3N4O2/c1-10-2-3-25(10)17-22-14(18(19,20)21)7-15(23-17)24-8-12-4-11(6-16(26)27)5-13(12)9-24/h7,10-13H,2-6,8-9H2,1H3,(H,26,27)/t10-,11?,12?,13?/m0/s1. The second-order valence-corrected chi connectivity index (χ2v) is 8.10. The van der Waals surface area contributed by atoms with Gasteiger partial charge in [0.1, 0.15) is 5.82 Å². The average molecular weight is 384 g/mol. The third-order valence-electron chi connectivity index (χ3n) is 6.20. The number of fused-ring (bicyclic) bond motifs is 1. The van der Waals surface area contributed by atoms with Gasteiger partial charge in [-0.2, -0.15) is 18.2 Å². The molecular formula is C18H23F3N4O2. The van der Waals surface area contributed by atoms with Gasteiger partial charge in [-0.1, -0.05) is 0 Å². The highest BCUT2D eigenvalue weighted by atomic mass is 19.4. The predicted octanol–water partition coefficient (Wildman–Crippen LogP) is 3.03. The minimum Gasteiger partial charge on any atom is -0.481 e. The Balaban J connectivity index is 1.54. The van der Waals surface area contributed by atoms with Gasteiger partial charge < -0.3 is 14.9 Å². The summed E-state index contributed by atoms with van der Waals surface area (Å²) in [5, 5.41) is 8.97. The topological polar surface area (TPSA) is 69.6 Å². The third kappa shape index (κ3) is 3.55. The smallest absolute Gasteiger partial charge is 0.433 e. The van der Waals surface area contributed by atoms with Gasteiger partial charge in [-0.05, 0) is 43.9 Å². The van der Waals surface area contributed by atoms with E-state index in [-0.39, 0.29) is 24.3 Å². The van der Waals surface area contributed by atoms with Crippen LogP contribution in [-0.4, -0.2) is 46.7 Å². The lowest BCUT2D eigenvalue weighted by molar-refractivity contribution is -0.141. The molecule has 148 valence electrons. The molecule has 9 heteroatoms. The van der Waals surface area contributed by atoms with Gasteiger partial charge in [-0.3, -0.25) is 4.79 Å². The Morgan fingerprint density at radius 2 is 1.93 bits per heavy atom. The van der Waals surface area contributed by atoms with E-state index in [1.807, 2.05) is 11.8 Å². The van der Waals surface area contributed by atoms with Crippen LogP contribution in [0, 0.1) is 17.8 Å². The number of alkyl halides is 3. The SMILES string of the molecule is C[C@H]1CCN1c1nc(N2CC3CC(CC(=O)O)CC3C2)cc(C(F)(F)F)n1. The van der Waals surface area contributed by atoms with E-state index in [4.69, 9.17) is 5.11 Å². The van der Waals surface area contributed by atoms with Crippen molar-refractivity contribution in [3.05, 3.63) is 11.8 Å². The number of hydrogen-bond donors (Lipinski definition) is 1. The molecule has 6 nitrogen and oxygen atoms in total. The van der Waals surface area contributed by atoms with Crippen molar-refractivity contribution in [2.45, 2.75) is 44.8 Å². The molecule has 3 atom stereocenters. The molecule has 1 aromatic heterocycles. The van der Waals surface area contributed by atoms with Crippen molar-refractivity contribution in [3.8, 4) is 0 Å². The zero-order valence-corrected chi connectivity index (χ0v) is 15.1. The van der Waals surface area contributed by atoms with E-state index in [1.165, 1.54) is 0 Å². The second kappa shape index (κ2) is 6.53. The maximum absolute atomic E-state index is 13.3. The third-order valence-corrected chi connectivity index (χ3v) is 6.20. The Labute approximate surface area is 155 Å². The van der Waals surface area contributed by atoms with Crippen molar-refractivity contribution in [3.63, 3.8) is 0 Å². The van der Waals surface area contributed by atoms with Crippen LogP contribution in [0.2, 0.25) is 0 Å². The highest BCUT2D eigenvalue weighted by Gasteiger charge is 2.43. The number of rotatable bonds is 4. The fourth-order valence-corrected chi connectivity index (χ4v) is 4.70. The molecule has 3 fully saturated rings. The van der Waals surface area contributed by atoms with Crippen molar-refractivity contribution in [2.24, 2.45) is 17.8 Å². The van der Waals surface area contributed by atoms with Crippen LogP contribution in [0.5, 0.6) is 0 Å². The summed E-state index contributed by atoms with van der Waals surface area (Å²) < 4.78 is 40.0. The van der Waals surface area contributed by atoms with E-state index in [0.29, 0.717) is 37.3 Å². The van der Waals surface area contributed by atoms with Crippen molar-refractivity contribution in [2.75, 3.05) is 29.4 Å². The summed E-state index contributed by atoms with van der Waals surface area (Å²) >= 11 is 0. The van der Waals surface area contributed by atoms with Gasteiger partial charge in [0, 0.05) is 38.2 Å². The summed E-state index contributed by atoms with van der Waals surface area (Å²) in [7, 11) is 0. The molecule has 1 saturated carbocycles. The zero-order valence-electron chi connectivity index (χ0n) is 15.1. The molecule has 2 saturated heterocycles. The Kier molecular flexibility index (Phi) is 4.43. The number of aliphatic carboxylic acids is 1. The largest absolute Gasteiger partial charge is 0.481 e. The quantitative estimate of drug-likeness (QED) is 0.861. The first kappa shape index (κ1) is 18.3. The lowest BCUT2D eigenvalue weighted by Gasteiger charge is -2.39. The molecule has 2 aliphatic heterocycles. The molecule has 4 rings (SSSR count). The fourth-order valence-electron chi connectivity index (χ4n) is 4.70. The Morgan fingerprint density at radius 3 is 2.41 bits per heavy atom. The van der Waals surface area contributed by atoms with Gasteiger partial charge in [0.05, 0.1) is 0 Å². The van der Waals surface area contributed by atoms with Crippen LogP contribution in [-0.2, 0) is 11.0 Å². The van der Waals surface area contributed by atoms with Crippen molar-refractivity contribution in [1.82, 2.24) is 9.97 Å². The number of carbonyl (C=O) groups is 1. The maximum atomic E-state index is 13.3. The molecule has 0 aromatic carbocycles. The number of carboxylic acid groups (broad SMARTS) is 1. The van der Waals surface area contributed by atoms with Gasteiger partial charge in [-0.25, -0.2) is 4.98 Å². The zero-order chi connectivity index (χ0) is 19.3. The van der Waals surface area contributed by atoms with Crippen molar-refractivity contribution in [1.29, 1.82) is 0 Å². The first-order chi connectivity index (χ1) is 12.7. The first-order valence-corrected chi connectivity index (χ1v) is 9.40. The monoisotopic (exact) mass is 384 g/mol. The number of nitrogens with zero attached hydrogens (tertiary/aromatic N) is 4. The van der Waals surface area contributed by atoms with Crippen LogP contribution in [0.3, 0.4) is 0 Å². The van der Waals surface area contributed by atoms with E-state index in [2.05, 4.69) is 9.97 Å². The van der Waals surface area contributed by atoms with Gasteiger partial charge >= 0.3 is 12.1 Å². The van der Waals surface area contributed by atoms with Crippen LogP contribution >= 0.6 is 0 Å². The van der Waals surface area contributed by atoms with E-state index >= 15 is 0 Å². The summed E-state index contributed by atoms with van der Waals surface area (Å²) in [5.41, 5.74) is -0.901. The lowest BCUT2D eigenvalue weighted by atomic mass is 10.0. The normalized spacial score (nSPS) is 30.4. The highest BCUT2D eigenvalue weighted by Crippen LogP contribution is 2.44. The number of aromatic nitrogens is 2. The number of anilines is 2. The molecule has 1 aliphatic carbocycles. The molecule has 2 unspecified atom stereocenters. The Hall–Kier alpha value is -2.06. The number of halogens is 3. The van der Waals surface area contributed by atoms with E-state index < -0.39 is 17.8 Å². The molecular weight excluding hydrogens is 361 g/mol. The molecule has 3 heterocycles. The molecule has 0 bridgehead atoms. The van der Waals surface area contributed by atoms with Crippen LogP contribution in [0.15, 0.2) is 6.07 Å². The van der Waals surface area contributed by atoms with Crippen LogP contribution in [0.4, 0.5) is 24.9 Å². The number of hydrogen-bond acceptors (Lipinski definition) is 5. The highest BCUT2D eigenvalue weighted by molar-refractivity contribution is 5.67. The van der Waals surface area contributed by atoms with Crippen LogP contribution in [0.25, 0.3) is 0 Å². The summed E-state index contributed by atoms with van der Waals surface area (Å²) in [6, 6.07) is 1.19. The Morgan fingerprint density at radius 1 is 1.26 bits per heavy atom. The van der Waals surface area contributed by atoms with E-state index in [9.17, 15) is 18.0 Å². The molecule has 0 radical (unpaired) electrons. The molecule has 27 heavy (non-hydrogen) atoms. The van der Waals surface area contributed by atoms with Crippen molar-refractivity contribution < 1.29 is 23.1 Å². The van der Waals surface area contributed by atoms with Gasteiger partial charge in [0.25, 0.3) is 0 Å². The van der Waals surface area contributed by atoms with E-state index in [0.717, 1.165) is 25.3 Å². The minimum absolute atomic E-state index is 0.149. The molecule has 3 aliphatic rings. The molecule has 0 amide bonds.